The number of benzene rings is 2. The van der Waals surface area contributed by atoms with Gasteiger partial charge in [-0.1, -0.05) is 6.07 Å². The van der Waals surface area contributed by atoms with E-state index in [9.17, 15) is 9.90 Å². The average Bonchev–Trinajstić information content (AvgIpc) is 2.55. The molecule has 2 N–H and O–H groups in total. The lowest BCUT2D eigenvalue weighted by molar-refractivity contribution is -0.117. The van der Waals surface area contributed by atoms with E-state index in [1.54, 1.807) is 12.1 Å². The van der Waals surface area contributed by atoms with E-state index in [-0.39, 0.29) is 11.7 Å². The molecule has 2 aromatic carbocycles. The van der Waals surface area contributed by atoms with Crippen molar-refractivity contribution in [1.82, 2.24) is 4.90 Å². The number of nitrogens with one attached hydrogen (secondary N) is 1. The molecule has 0 unspecified atom stereocenters. The van der Waals surface area contributed by atoms with E-state index in [4.69, 9.17) is 0 Å². The lowest BCUT2D eigenvalue weighted by Crippen LogP contribution is -2.48. The summed E-state index contributed by atoms with van der Waals surface area (Å²) < 4.78 is 0. The van der Waals surface area contributed by atoms with Gasteiger partial charge in [0.25, 0.3) is 0 Å². The number of phenols is 1. The van der Waals surface area contributed by atoms with Crippen molar-refractivity contribution < 1.29 is 9.90 Å². The zero-order valence-electron chi connectivity index (χ0n) is 14.8. The normalized spacial score (nSPS) is 15.2. The van der Waals surface area contributed by atoms with Crippen molar-refractivity contribution in [2.45, 2.75) is 13.8 Å². The van der Waals surface area contributed by atoms with Crippen LogP contribution in [0.4, 0.5) is 11.4 Å². The Balaban J connectivity index is 1.50. The molecular weight excluding hydrogens is 314 g/mol. The van der Waals surface area contributed by atoms with Crippen molar-refractivity contribution in [2.75, 3.05) is 42.9 Å². The van der Waals surface area contributed by atoms with Crippen molar-refractivity contribution in [3.8, 4) is 5.75 Å². The highest BCUT2D eigenvalue weighted by Gasteiger charge is 2.19. The van der Waals surface area contributed by atoms with Crippen LogP contribution in [0.15, 0.2) is 42.5 Å². The summed E-state index contributed by atoms with van der Waals surface area (Å²) >= 11 is 0. The number of piperazine rings is 1. The van der Waals surface area contributed by atoms with Crippen LogP contribution in [0.25, 0.3) is 0 Å². The van der Waals surface area contributed by atoms with Gasteiger partial charge < -0.3 is 15.3 Å². The van der Waals surface area contributed by atoms with E-state index in [1.165, 1.54) is 0 Å². The number of carbonyl (C=O) groups excluding carboxylic acids is 1. The number of nitrogens with zero attached hydrogens (tertiary/aromatic N) is 2. The molecular formula is C20H25N3O2. The largest absolute Gasteiger partial charge is 0.508 e. The number of aryl methyl sites for hydroxylation is 2. The highest BCUT2D eigenvalue weighted by Crippen LogP contribution is 2.20. The quantitative estimate of drug-likeness (QED) is 0.899. The van der Waals surface area contributed by atoms with Crippen molar-refractivity contribution in [1.29, 1.82) is 0 Å². The molecule has 0 atom stereocenters. The molecule has 3 rings (SSSR count). The highest BCUT2D eigenvalue weighted by atomic mass is 16.3. The van der Waals surface area contributed by atoms with Gasteiger partial charge in [-0.25, -0.2) is 0 Å². The third kappa shape index (κ3) is 4.73. The third-order valence-corrected chi connectivity index (χ3v) is 4.46. The first-order valence-electron chi connectivity index (χ1n) is 8.64. The highest BCUT2D eigenvalue weighted by molar-refractivity contribution is 5.92. The van der Waals surface area contributed by atoms with Crippen molar-refractivity contribution in [2.24, 2.45) is 0 Å². The van der Waals surface area contributed by atoms with Gasteiger partial charge in [0.2, 0.25) is 5.91 Å². The minimum absolute atomic E-state index is 0.0306. The van der Waals surface area contributed by atoms with Crippen LogP contribution in [0.1, 0.15) is 11.1 Å². The van der Waals surface area contributed by atoms with Gasteiger partial charge in [-0.05, 0) is 61.4 Å². The molecule has 1 aliphatic rings. The van der Waals surface area contributed by atoms with E-state index in [0.717, 1.165) is 48.7 Å². The molecule has 132 valence electrons. The van der Waals surface area contributed by atoms with Gasteiger partial charge in [0.05, 0.1) is 6.54 Å². The summed E-state index contributed by atoms with van der Waals surface area (Å²) in [6.07, 6.45) is 0. The number of anilines is 2. The number of aromatic hydroxyl groups is 1. The Labute approximate surface area is 148 Å². The van der Waals surface area contributed by atoms with Crippen molar-refractivity contribution in [3.63, 3.8) is 0 Å². The molecule has 0 saturated carbocycles. The van der Waals surface area contributed by atoms with Gasteiger partial charge >= 0.3 is 0 Å². The van der Waals surface area contributed by atoms with Gasteiger partial charge in [0.1, 0.15) is 5.75 Å². The summed E-state index contributed by atoms with van der Waals surface area (Å²) in [5.41, 5.74) is 4.28. The second-order valence-corrected chi connectivity index (χ2v) is 6.70. The van der Waals surface area contributed by atoms with Crippen LogP contribution in [0, 0.1) is 13.8 Å². The Morgan fingerprint density at radius 1 is 1.00 bits per heavy atom. The summed E-state index contributed by atoms with van der Waals surface area (Å²) in [7, 11) is 0. The maximum atomic E-state index is 12.3. The Bertz CT molecular complexity index is 715. The van der Waals surface area contributed by atoms with Crippen LogP contribution in [0.2, 0.25) is 0 Å². The SMILES string of the molecule is Cc1cc(C)cc(NC(=O)CN2CCN(c3ccc(O)cc3)CC2)c1. The van der Waals surface area contributed by atoms with Crippen LogP contribution < -0.4 is 10.2 Å². The third-order valence-electron chi connectivity index (χ3n) is 4.46. The molecule has 0 spiro atoms. The number of hydrogen-bond acceptors (Lipinski definition) is 4. The Kier molecular flexibility index (Phi) is 5.24. The van der Waals surface area contributed by atoms with Gasteiger partial charge in [0, 0.05) is 37.6 Å². The van der Waals surface area contributed by atoms with E-state index < -0.39 is 0 Å². The molecule has 1 aliphatic heterocycles. The molecule has 0 aromatic heterocycles. The van der Waals surface area contributed by atoms with E-state index >= 15 is 0 Å². The number of carbonyl (C=O) groups is 1. The van der Waals surface area contributed by atoms with Crippen molar-refractivity contribution in [3.05, 3.63) is 53.6 Å². The van der Waals surface area contributed by atoms with E-state index in [0.29, 0.717) is 6.54 Å². The molecule has 1 heterocycles. The predicted octanol–water partition coefficient (Wildman–Crippen LogP) is 2.77. The van der Waals surface area contributed by atoms with E-state index in [1.807, 2.05) is 38.1 Å². The fourth-order valence-corrected chi connectivity index (χ4v) is 3.28. The first kappa shape index (κ1) is 17.3. The van der Waals surface area contributed by atoms with E-state index in [2.05, 4.69) is 21.2 Å². The standard InChI is InChI=1S/C20H25N3O2/c1-15-11-16(2)13-17(12-15)21-20(25)14-22-7-9-23(10-8-22)18-3-5-19(24)6-4-18/h3-6,11-13,24H,7-10,14H2,1-2H3,(H,21,25). The summed E-state index contributed by atoms with van der Waals surface area (Å²) in [6.45, 7) is 7.93. The maximum Gasteiger partial charge on any atom is 0.238 e. The van der Waals surface area contributed by atoms with Crippen LogP contribution >= 0.6 is 0 Å². The summed E-state index contributed by atoms with van der Waals surface area (Å²) in [5, 5.41) is 12.4. The molecule has 0 radical (unpaired) electrons. The maximum absolute atomic E-state index is 12.3. The van der Waals surface area contributed by atoms with Crippen LogP contribution in [0.3, 0.4) is 0 Å². The number of amides is 1. The zero-order valence-corrected chi connectivity index (χ0v) is 14.8. The molecule has 5 nitrogen and oxygen atoms in total. The Morgan fingerprint density at radius 3 is 2.20 bits per heavy atom. The monoisotopic (exact) mass is 339 g/mol. The van der Waals surface area contributed by atoms with Crippen LogP contribution in [-0.2, 0) is 4.79 Å². The summed E-state index contributed by atoms with van der Waals surface area (Å²) in [4.78, 5) is 16.7. The minimum atomic E-state index is 0.0306. The fourth-order valence-electron chi connectivity index (χ4n) is 3.28. The Hall–Kier alpha value is -2.53. The number of phenolic OH excluding ortho intramolecular Hbond substituents is 1. The average molecular weight is 339 g/mol. The lowest BCUT2D eigenvalue weighted by Gasteiger charge is -2.35. The first-order valence-corrected chi connectivity index (χ1v) is 8.64. The molecule has 5 heteroatoms. The molecule has 1 saturated heterocycles. The van der Waals surface area contributed by atoms with Crippen LogP contribution in [0.5, 0.6) is 5.75 Å². The number of hydrogen-bond donors (Lipinski definition) is 2. The zero-order chi connectivity index (χ0) is 17.8. The minimum Gasteiger partial charge on any atom is -0.508 e. The summed E-state index contributed by atoms with van der Waals surface area (Å²) in [6, 6.07) is 13.4. The molecule has 1 fully saturated rings. The van der Waals surface area contributed by atoms with Crippen LogP contribution in [-0.4, -0.2) is 48.6 Å². The molecule has 25 heavy (non-hydrogen) atoms. The molecule has 2 aromatic rings. The smallest absolute Gasteiger partial charge is 0.238 e. The van der Waals surface area contributed by atoms with Gasteiger partial charge in [0.15, 0.2) is 0 Å². The fraction of sp³-hybridized carbons (Fsp3) is 0.350. The number of rotatable bonds is 4. The first-order chi connectivity index (χ1) is 12.0. The van der Waals surface area contributed by atoms with Crippen molar-refractivity contribution >= 4 is 17.3 Å². The second kappa shape index (κ2) is 7.57. The predicted molar refractivity (Wildman–Crippen MR) is 101 cm³/mol. The lowest BCUT2D eigenvalue weighted by atomic mass is 10.1. The summed E-state index contributed by atoms with van der Waals surface area (Å²) in [5.74, 6) is 0.313. The second-order valence-electron chi connectivity index (χ2n) is 6.70. The molecule has 1 amide bonds. The van der Waals surface area contributed by atoms with Gasteiger partial charge in [-0.15, -0.1) is 0 Å². The van der Waals surface area contributed by atoms with Gasteiger partial charge in [-0.2, -0.15) is 0 Å². The molecule has 0 bridgehead atoms. The topological polar surface area (TPSA) is 55.8 Å². The molecule has 0 aliphatic carbocycles. The van der Waals surface area contributed by atoms with Gasteiger partial charge in [-0.3, -0.25) is 9.69 Å². The Morgan fingerprint density at radius 2 is 1.60 bits per heavy atom.